The molecule has 0 spiro atoms. The van der Waals surface area contributed by atoms with E-state index in [-0.39, 0.29) is 31.0 Å². The van der Waals surface area contributed by atoms with E-state index in [9.17, 15) is 27.6 Å². The standard InChI is InChI=1S/C23H23N3O6S/c27-20(24(13-17-7-3-1-4-8-17)19-11-12-33(31,32)16-19)15-26-22(29)21(28)25(23(26)30)14-18-9-5-2-6-10-18/h1-10,19H,11-16H2/t19-/m1/s1. The first kappa shape index (κ1) is 22.7. The van der Waals surface area contributed by atoms with Crippen LogP contribution in [0.4, 0.5) is 4.79 Å². The van der Waals surface area contributed by atoms with Crippen molar-refractivity contribution in [3.8, 4) is 0 Å². The summed E-state index contributed by atoms with van der Waals surface area (Å²) in [6, 6.07) is 16.4. The number of amides is 5. The predicted octanol–water partition coefficient (Wildman–Crippen LogP) is 1.19. The Morgan fingerprint density at radius 1 is 0.879 bits per heavy atom. The monoisotopic (exact) mass is 469 g/mol. The van der Waals surface area contributed by atoms with Gasteiger partial charge in [-0.05, 0) is 17.5 Å². The Morgan fingerprint density at radius 2 is 1.45 bits per heavy atom. The minimum absolute atomic E-state index is 0.0266. The maximum atomic E-state index is 13.2. The van der Waals surface area contributed by atoms with Crippen LogP contribution < -0.4 is 0 Å². The Bertz CT molecular complexity index is 1180. The fourth-order valence-corrected chi connectivity index (χ4v) is 5.77. The van der Waals surface area contributed by atoms with Crippen molar-refractivity contribution in [3.63, 3.8) is 0 Å². The van der Waals surface area contributed by atoms with Gasteiger partial charge >= 0.3 is 17.8 Å². The normalized spacial score (nSPS) is 19.9. The van der Waals surface area contributed by atoms with E-state index in [1.165, 1.54) is 4.90 Å². The number of hydrogen-bond donors (Lipinski definition) is 0. The molecule has 0 unspecified atom stereocenters. The smallest absolute Gasteiger partial charge is 0.333 e. The Balaban J connectivity index is 1.52. The summed E-state index contributed by atoms with van der Waals surface area (Å²) in [5.74, 6) is -2.84. The molecular weight excluding hydrogens is 446 g/mol. The molecule has 2 heterocycles. The molecule has 0 saturated carbocycles. The molecule has 33 heavy (non-hydrogen) atoms. The van der Waals surface area contributed by atoms with Gasteiger partial charge in [0.2, 0.25) is 5.91 Å². The third-order valence-corrected chi connectivity index (χ3v) is 7.53. The van der Waals surface area contributed by atoms with Gasteiger partial charge in [0, 0.05) is 12.6 Å². The molecule has 0 aromatic heterocycles. The van der Waals surface area contributed by atoms with Crippen LogP contribution in [0.3, 0.4) is 0 Å². The number of imide groups is 2. The van der Waals surface area contributed by atoms with Crippen molar-refractivity contribution in [1.82, 2.24) is 14.7 Å². The van der Waals surface area contributed by atoms with Gasteiger partial charge in [-0.2, -0.15) is 0 Å². The maximum Gasteiger partial charge on any atom is 0.335 e. The molecule has 172 valence electrons. The van der Waals surface area contributed by atoms with Crippen LogP contribution in [0.1, 0.15) is 17.5 Å². The molecule has 2 aliphatic heterocycles. The number of benzene rings is 2. The zero-order chi connectivity index (χ0) is 23.6. The van der Waals surface area contributed by atoms with Crippen molar-refractivity contribution in [2.75, 3.05) is 18.1 Å². The molecule has 2 aliphatic rings. The summed E-state index contributed by atoms with van der Waals surface area (Å²) in [5, 5.41) is 0. The third-order valence-electron chi connectivity index (χ3n) is 5.78. The van der Waals surface area contributed by atoms with Crippen LogP contribution in [-0.4, -0.2) is 71.0 Å². The number of hydrogen-bond acceptors (Lipinski definition) is 6. The molecule has 2 aromatic carbocycles. The van der Waals surface area contributed by atoms with Crippen LogP contribution in [0.2, 0.25) is 0 Å². The van der Waals surface area contributed by atoms with Crippen molar-refractivity contribution < 1.29 is 27.6 Å². The number of urea groups is 1. The Morgan fingerprint density at radius 3 is 2.03 bits per heavy atom. The lowest BCUT2D eigenvalue weighted by Gasteiger charge is -2.29. The lowest BCUT2D eigenvalue weighted by molar-refractivity contribution is -0.145. The highest BCUT2D eigenvalue weighted by atomic mass is 32.2. The quantitative estimate of drug-likeness (QED) is 0.445. The predicted molar refractivity (Wildman–Crippen MR) is 118 cm³/mol. The molecule has 9 nitrogen and oxygen atoms in total. The van der Waals surface area contributed by atoms with Crippen molar-refractivity contribution >= 4 is 33.6 Å². The van der Waals surface area contributed by atoms with Crippen molar-refractivity contribution in [1.29, 1.82) is 0 Å². The fourth-order valence-electron chi connectivity index (χ4n) is 4.04. The van der Waals surface area contributed by atoms with E-state index in [1.807, 2.05) is 6.07 Å². The van der Waals surface area contributed by atoms with Crippen LogP contribution in [0.5, 0.6) is 0 Å². The van der Waals surface area contributed by atoms with E-state index in [1.54, 1.807) is 54.6 Å². The summed E-state index contributed by atoms with van der Waals surface area (Å²) in [4.78, 5) is 53.8. The van der Waals surface area contributed by atoms with Crippen molar-refractivity contribution in [2.45, 2.75) is 25.6 Å². The summed E-state index contributed by atoms with van der Waals surface area (Å²) >= 11 is 0. The highest BCUT2D eigenvalue weighted by molar-refractivity contribution is 7.91. The molecule has 0 N–H and O–H groups in total. The second-order valence-corrected chi connectivity index (χ2v) is 10.3. The van der Waals surface area contributed by atoms with Gasteiger partial charge in [-0.25, -0.2) is 18.1 Å². The second-order valence-electron chi connectivity index (χ2n) is 8.11. The molecule has 2 saturated heterocycles. The Hall–Kier alpha value is -3.53. The fraction of sp³-hybridized carbons (Fsp3) is 0.304. The van der Waals surface area contributed by atoms with Gasteiger partial charge in [0.25, 0.3) is 0 Å². The van der Waals surface area contributed by atoms with Crippen LogP contribution in [0, 0.1) is 0 Å². The van der Waals surface area contributed by atoms with Crippen LogP contribution in [0.15, 0.2) is 60.7 Å². The molecule has 10 heteroatoms. The van der Waals surface area contributed by atoms with E-state index in [0.29, 0.717) is 10.5 Å². The highest BCUT2D eigenvalue weighted by Gasteiger charge is 2.46. The first-order valence-electron chi connectivity index (χ1n) is 10.5. The van der Waals surface area contributed by atoms with Gasteiger partial charge < -0.3 is 4.90 Å². The molecule has 0 bridgehead atoms. The summed E-state index contributed by atoms with van der Waals surface area (Å²) < 4.78 is 24.0. The average Bonchev–Trinajstić information content (AvgIpc) is 3.26. The second kappa shape index (κ2) is 9.14. The number of sulfone groups is 1. The first-order valence-corrected chi connectivity index (χ1v) is 12.3. The molecule has 4 rings (SSSR count). The molecule has 1 atom stereocenters. The minimum Gasteiger partial charge on any atom is -0.333 e. The molecule has 0 radical (unpaired) electrons. The SMILES string of the molecule is O=C1C(=O)N(Cc2ccccc2)C(=O)N1CC(=O)N(Cc1ccccc1)[C@@H]1CCS(=O)(=O)C1. The lowest BCUT2D eigenvalue weighted by Crippen LogP contribution is -2.47. The van der Waals surface area contributed by atoms with E-state index in [4.69, 9.17) is 0 Å². The van der Waals surface area contributed by atoms with Gasteiger partial charge in [-0.1, -0.05) is 60.7 Å². The largest absolute Gasteiger partial charge is 0.335 e. The lowest BCUT2D eigenvalue weighted by atomic mass is 10.1. The molecular formula is C23H23N3O6S. The summed E-state index contributed by atoms with van der Waals surface area (Å²) in [6.07, 6.45) is 0.280. The van der Waals surface area contributed by atoms with Gasteiger partial charge in [0.1, 0.15) is 6.54 Å². The summed E-state index contributed by atoms with van der Waals surface area (Å²) in [5.41, 5.74) is 1.46. The topological polar surface area (TPSA) is 112 Å². The van der Waals surface area contributed by atoms with Gasteiger partial charge in [-0.3, -0.25) is 19.3 Å². The highest BCUT2D eigenvalue weighted by Crippen LogP contribution is 2.22. The molecule has 2 aromatic rings. The van der Waals surface area contributed by atoms with Gasteiger partial charge in [-0.15, -0.1) is 0 Å². The zero-order valence-electron chi connectivity index (χ0n) is 17.8. The molecule has 2 fully saturated rings. The first-order chi connectivity index (χ1) is 15.7. The number of nitrogens with zero attached hydrogens (tertiary/aromatic N) is 3. The number of carbonyl (C=O) groups is 4. The van der Waals surface area contributed by atoms with Gasteiger partial charge in [0.05, 0.1) is 18.1 Å². The zero-order valence-corrected chi connectivity index (χ0v) is 18.6. The number of carbonyl (C=O) groups excluding carboxylic acids is 4. The summed E-state index contributed by atoms with van der Waals surface area (Å²) in [7, 11) is -3.27. The van der Waals surface area contributed by atoms with Gasteiger partial charge in [0.15, 0.2) is 9.84 Å². The van der Waals surface area contributed by atoms with E-state index in [2.05, 4.69) is 0 Å². The molecule has 0 aliphatic carbocycles. The van der Waals surface area contributed by atoms with Crippen molar-refractivity contribution in [3.05, 3.63) is 71.8 Å². The van der Waals surface area contributed by atoms with Crippen LogP contribution in [0.25, 0.3) is 0 Å². The van der Waals surface area contributed by atoms with Crippen LogP contribution >= 0.6 is 0 Å². The summed E-state index contributed by atoms with van der Waals surface area (Å²) in [6.45, 7) is -0.570. The van der Waals surface area contributed by atoms with E-state index in [0.717, 1.165) is 10.5 Å². The Labute approximate surface area is 191 Å². The average molecular weight is 470 g/mol. The molecule has 5 amide bonds. The minimum atomic E-state index is -3.27. The van der Waals surface area contributed by atoms with E-state index < -0.39 is 46.2 Å². The van der Waals surface area contributed by atoms with Crippen LogP contribution in [-0.2, 0) is 37.3 Å². The Kier molecular flexibility index (Phi) is 6.28. The maximum absolute atomic E-state index is 13.2. The number of rotatable bonds is 7. The van der Waals surface area contributed by atoms with E-state index >= 15 is 0 Å². The van der Waals surface area contributed by atoms with Crippen molar-refractivity contribution in [2.24, 2.45) is 0 Å². The third kappa shape index (κ3) is 4.95.